The second-order valence-electron chi connectivity index (χ2n) is 5.16. The van der Waals surface area contributed by atoms with Gasteiger partial charge >= 0.3 is 0 Å². The van der Waals surface area contributed by atoms with Crippen LogP contribution in [0.1, 0.15) is 27.2 Å². The summed E-state index contributed by atoms with van der Waals surface area (Å²) in [4.78, 5) is 4.61. The zero-order chi connectivity index (χ0) is 12.4. The topological polar surface area (TPSA) is 29.9 Å². The van der Waals surface area contributed by atoms with Crippen molar-refractivity contribution in [1.29, 1.82) is 0 Å². The van der Waals surface area contributed by atoms with Gasteiger partial charge in [0.1, 0.15) is 0 Å². The Morgan fingerprint density at radius 1 is 1.24 bits per heavy atom. The average Bonchev–Trinajstić information content (AvgIpc) is 2.55. The van der Waals surface area contributed by atoms with E-state index in [9.17, 15) is 0 Å². The minimum atomic E-state index is 0.450. The molecule has 1 N–H and O–H groups in total. The van der Waals surface area contributed by atoms with E-state index in [1.165, 1.54) is 5.52 Å². The summed E-state index contributed by atoms with van der Waals surface area (Å²) < 4.78 is 2.12. The summed E-state index contributed by atoms with van der Waals surface area (Å²) >= 11 is 0. The summed E-state index contributed by atoms with van der Waals surface area (Å²) in [7, 11) is 2.06. The highest BCUT2D eigenvalue weighted by molar-refractivity contribution is 5.78. The second-order valence-corrected chi connectivity index (χ2v) is 5.16. The summed E-state index contributed by atoms with van der Waals surface area (Å²) in [6.45, 7) is 6.69. The van der Waals surface area contributed by atoms with Crippen LogP contribution >= 0.6 is 0 Å². The third kappa shape index (κ3) is 2.60. The van der Waals surface area contributed by atoms with E-state index in [2.05, 4.69) is 48.8 Å². The van der Waals surface area contributed by atoms with E-state index in [4.69, 9.17) is 0 Å². The van der Waals surface area contributed by atoms with Crippen molar-refractivity contribution in [2.75, 3.05) is 5.32 Å². The number of nitrogens with zero attached hydrogens (tertiary/aromatic N) is 2. The van der Waals surface area contributed by atoms with E-state index in [0.717, 1.165) is 17.9 Å². The fourth-order valence-electron chi connectivity index (χ4n) is 2.26. The van der Waals surface area contributed by atoms with Crippen molar-refractivity contribution >= 4 is 17.0 Å². The van der Waals surface area contributed by atoms with Crippen molar-refractivity contribution in [3.8, 4) is 0 Å². The molecule has 1 atom stereocenters. The molecule has 2 rings (SSSR count). The molecule has 0 saturated carbocycles. The van der Waals surface area contributed by atoms with Crippen LogP contribution in [0.25, 0.3) is 11.0 Å². The fraction of sp³-hybridized carbons (Fsp3) is 0.500. The first kappa shape index (κ1) is 12.0. The number of nitrogens with one attached hydrogen (secondary N) is 1. The Hall–Kier alpha value is -1.51. The van der Waals surface area contributed by atoms with Crippen LogP contribution in [0.4, 0.5) is 5.95 Å². The third-order valence-corrected chi connectivity index (χ3v) is 2.99. The molecule has 0 aliphatic carbocycles. The molecule has 0 saturated heterocycles. The first-order valence-corrected chi connectivity index (χ1v) is 6.26. The second kappa shape index (κ2) is 4.78. The maximum Gasteiger partial charge on any atom is 0.203 e. The fourth-order valence-corrected chi connectivity index (χ4v) is 2.26. The molecule has 0 spiro atoms. The Morgan fingerprint density at radius 2 is 1.94 bits per heavy atom. The summed E-state index contributed by atoms with van der Waals surface area (Å²) in [6, 6.07) is 8.67. The SMILES string of the molecule is CC(C)CC(C)Nc1nc2ccccc2n1C. The van der Waals surface area contributed by atoms with E-state index < -0.39 is 0 Å². The molecule has 1 aromatic carbocycles. The predicted molar refractivity (Wildman–Crippen MR) is 73.3 cm³/mol. The molecule has 0 amide bonds. The molecule has 17 heavy (non-hydrogen) atoms. The van der Waals surface area contributed by atoms with Gasteiger partial charge in [0.15, 0.2) is 0 Å². The van der Waals surface area contributed by atoms with Gasteiger partial charge in [-0.1, -0.05) is 26.0 Å². The Balaban J connectivity index is 2.21. The molecule has 3 nitrogen and oxygen atoms in total. The summed E-state index contributed by atoms with van der Waals surface area (Å²) in [5, 5.41) is 3.48. The first-order chi connectivity index (χ1) is 8.08. The van der Waals surface area contributed by atoms with Crippen LogP contribution in [0.15, 0.2) is 24.3 Å². The van der Waals surface area contributed by atoms with E-state index in [-0.39, 0.29) is 0 Å². The molecular weight excluding hydrogens is 210 g/mol. The highest BCUT2D eigenvalue weighted by atomic mass is 15.2. The van der Waals surface area contributed by atoms with Crippen LogP contribution in [0.3, 0.4) is 0 Å². The lowest BCUT2D eigenvalue weighted by Gasteiger charge is -2.16. The minimum absolute atomic E-state index is 0.450. The van der Waals surface area contributed by atoms with Crippen molar-refractivity contribution in [2.24, 2.45) is 13.0 Å². The standard InChI is InChI=1S/C14H21N3/c1-10(2)9-11(3)15-14-16-12-7-5-6-8-13(12)17(14)4/h5-8,10-11H,9H2,1-4H3,(H,15,16). The lowest BCUT2D eigenvalue weighted by Crippen LogP contribution is -2.19. The molecule has 0 radical (unpaired) electrons. The van der Waals surface area contributed by atoms with E-state index >= 15 is 0 Å². The average molecular weight is 231 g/mol. The zero-order valence-corrected chi connectivity index (χ0v) is 11.1. The van der Waals surface area contributed by atoms with E-state index in [1.54, 1.807) is 0 Å². The lowest BCUT2D eigenvalue weighted by molar-refractivity contribution is 0.536. The quantitative estimate of drug-likeness (QED) is 0.873. The smallest absolute Gasteiger partial charge is 0.203 e. The van der Waals surface area contributed by atoms with Gasteiger partial charge in [0.2, 0.25) is 5.95 Å². The van der Waals surface area contributed by atoms with Crippen molar-refractivity contribution in [1.82, 2.24) is 9.55 Å². The van der Waals surface area contributed by atoms with Gasteiger partial charge in [0, 0.05) is 13.1 Å². The number of hydrogen-bond donors (Lipinski definition) is 1. The molecule has 0 aliphatic heterocycles. The molecule has 0 bridgehead atoms. The van der Waals surface area contributed by atoms with Crippen molar-refractivity contribution in [2.45, 2.75) is 33.2 Å². The van der Waals surface area contributed by atoms with Crippen molar-refractivity contribution in [3.05, 3.63) is 24.3 Å². The van der Waals surface area contributed by atoms with Crippen LogP contribution in [-0.4, -0.2) is 15.6 Å². The lowest BCUT2D eigenvalue weighted by atomic mass is 10.1. The maximum absolute atomic E-state index is 4.61. The van der Waals surface area contributed by atoms with Gasteiger partial charge in [0.05, 0.1) is 11.0 Å². The van der Waals surface area contributed by atoms with Gasteiger partial charge in [-0.3, -0.25) is 0 Å². The normalized spacial score (nSPS) is 13.2. The Bertz CT molecular complexity index is 499. The zero-order valence-electron chi connectivity index (χ0n) is 11.1. The number of rotatable bonds is 4. The largest absolute Gasteiger partial charge is 0.353 e. The first-order valence-electron chi connectivity index (χ1n) is 6.26. The van der Waals surface area contributed by atoms with E-state index in [0.29, 0.717) is 12.0 Å². The number of imidazole rings is 1. The number of anilines is 1. The summed E-state index contributed by atoms with van der Waals surface area (Å²) in [6.07, 6.45) is 1.16. The summed E-state index contributed by atoms with van der Waals surface area (Å²) in [5.41, 5.74) is 2.22. The molecule has 92 valence electrons. The van der Waals surface area contributed by atoms with Gasteiger partial charge in [-0.2, -0.15) is 0 Å². The maximum atomic E-state index is 4.61. The van der Waals surface area contributed by atoms with Crippen molar-refractivity contribution in [3.63, 3.8) is 0 Å². The number of para-hydroxylation sites is 2. The molecule has 2 aromatic rings. The van der Waals surface area contributed by atoms with Gasteiger partial charge in [0.25, 0.3) is 0 Å². The van der Waals surface area contributed by atoms with Gasteiger partial charge in [-0.25, -0.2) is 4.98 Å². The van der Waals surface area contributed by atoms with Crippen LogP contribution in [0, 0.1) is 5.92 Å². The number of hydrogen-bond acceptors (Lipinski definition) is 2. The Labute approximate surface area is 103 Å². The number of aromatic nitrogens is 2. The van der Waals surface area contributed by atoms with Crippen LogP contribution in [0.2, 0.25) is 0 Å². The molecule has 0 aliphatic rings. The predicted octanol–water partition coefficient (Wildman–Crippen LogP) is 3.42. The highest BCUT2D eigenvalue weighted by Gasteiger charge is 2.10. The monoisotopic (exact) mass is 231 g/mol. The highest BCUT2D eigenvalue weighted by Crippen LogP contribution is 2.19. The van der Waals surface area contributed by atoms with E-state index in [1.807, 2.05) is 18.2 Å². The summed E-state index contributed by atoms with van der Waals surface area (Å²) in [5.74, 6) is 1.66. The third-order valence-electron chi connectivity index (χ3n) is 2.99. The molecule has 1 unspecified atom stereocenters. The molecule has 1 heterocycles. The number of benzene rings is 1. The van der Waals surface area contributed by atoms with Gasteiger partial charge < -0.3 is 9.88 Å². The molecule has 1 aromatic heterocycles. The van der Waals surface area contributed by atoms with Crippen molar-refractivity contribution < 1.29 is 0 Å². The Kier molecular flexibility index (Phi) is 3.36. The number of aryl methyl sites for hydroxylation is 1. The Morgan fingerprint density at radius 3 is 2.59 bits per heavy atom. The van der Waals surface area contributed by atoms with Crippen LogP contribution in [-0.2, 0) is 7.05 Å². The number of fused-ring (bicyclic) bond motifs is 1. The van der Waals surface area contributed by atoms with Crippen LogP contribution in [0.5, 0.6) is 0 Å². The molecular formula is C14H21N3. The van der Waals surface area contributed by atoms with Gasteiger partial charge in [-0.15, -0.1) is 0 Å². The van der Waals surface area contributed by atoms with Gasteiger partial charge in [-0.05, 0) is 31.4 Å². The molecule has 0 fully saturated rings. The van der Waals surface area contributed by atoms with Crippen LogP contribution < -0.4 is 5.32 Å². The minimum Gasteiger partial charge on any atom is -0.353 e. The molecule has 3 heteroatoms.